The van der Waals surface area contributed by atoms with E-state index in [0.717, 1.165) is 6.42 Å². The van der Waals surface area contributed by atoms with Crippen molar-refractivity contribution >= 4 is 17.6 Å². The molecule has 0 bridgehead atoms. The van der Waals surface area contributed by atoms with Crippen LogP contribution in [0.2, 0.25) is 0 Å². The van der Waals surface area contributed by atoms with Crippen LogP contribution in [0.3, 0.4) is 0 Å². The van der Waals surface area contributed by atoms with Crippen LogP contribution in [0.5, 0.6) is 0 Å². The first kappa shape index (κ1) is 16.5. The maximum absolute atomic E-state index is 13.4. The molecule has 1 aliphatic carbocycles. The summed E-state index contributed by atoms with van der Waals surface area (Å²) in [5.74, 6) is -0.306. The van der Waals surface area contributed by atoms with Crippen molar-refractivity contribution in [1.82, 2.24) is 15.6 Å². The monoisotopic (exact) mass is 342 g/mol. The summed E-state index contributed by atoms with van der Waals surface area (Å²) in [4.78, 5) is 27.4. The first-order chi connectivity index (χ1) is 11.3. The second-order valence-corrected chi connectivity index (χ2v) is 6.13. The van der Waals surface area contributed by atoms with E-state index < -0.39 is 17.7 Å². The van der Waals surface area contributed by atoms with Crippen molar-refractivity contribution in [2.45, 2.75) is 50.4 Å². The molecule has 0 aromatic carbocycles. The van der Waals surface area contributed by atoms with Gasteiger partial charge in [-0.1, -0.05) is 19.3 Å². The van der Waals surface area contributed by atoms with Crippen LogP contribution in [-0.4, -0.2) is 28.6 Å². The Balaban J connectivity index is 1.72. The minimum Gasteiger partial charge on any atom is -0.347 e. The van der Waals surface area contributed by atoms with Gasteiger partial charge in [0, 0.05) is 12.1 Å². The molecule has 130 valence electrons. The van der Waals surface area contributed by atoms with Gasteiger partial charge < -0.3 is 16.0 Å². The van der Waals surface area contributed by atoms with Crippen molar-refractivity contribution in [2.24, 2.45) is 0 Å². The van der Waals surface area contributed by atoms with E-state index in [9.17, 15) is 22.8 Å². The summed E-state index contributed by atoms with van der Waals surface area (Å²) >= 11 is 0. The molecule has 24 heavy (non-hydrogen) atoms. The normalized spacial score (nSPS) is 19.4. The van der Waals surface area contributed by atoms with E-state index in [1.807, 2.05) is 0 Å². The molecule has 0 spiro atoms. The summed E-state index contributed by atoms with van der Waals surface area (Å²) in [5.41, 5.74) is -1.08. The fourth-order valence-electron chi connectivity index (χ4n) is 3.19. The van der Waals surface area contributed by atoms with Crippen molar-refractivity contribution in [1.29, 1.82) is 0 Å². The van der Waals surface area contributed by atoms with E-state index in [2.05, 4.69) is 20.9 Å². The third kappa shape index (κ3) is 3.02. The molecule has 0 saturated heterocycles. The van der Waals surface area contributed by atoms with Gasteiger partial charge in [0.25, 0.3) is 5.91 Å². The van der Waals surface area contributed by atoms with Crippen molar-refractivity contribution in [2.75, 3.05) is 5.32 Å². The average Bonchev–Trinajstić information content (AvgIpc) is 2.88. The van der Waals surface area contributed by atoms with E-state index in [-0.39, 0.29) is 36.7 Å². The van der Waals surface area contributed by atoms with E-state index in [1.165, 1.54) is 12.3 Å². The number of hydrogen-bond acceptors (Lipinski definition) is 3. The smallest absolute Gasteiger partial charge is 0.347 e. The minimum absolute atomic E-state index is 0.120. The third-order valence-electron chi connectivity index (χ3n) is 4.48. The first-order valence-electron chi connectivity index (χ1n) is 7.74. The molecule has 1 fully saturated rings. The first-order valence-corrected chi connectivity index (χ1v) is 7.74. The van der Waals surface area contributed by atoms with Crippen molar-refractivity contribution in [3.63, 3.8) is 0 Å². The Kier molecular flexibility index (Phi) is 4.10. The number of pyridine rings is 1. The second-order valence-electron chi connectivity index (χ2n) is 6.13. The highest BCUT2D eigenvalue weighted by Gasteiger charge is 2.55. The number of rotatable bonds is 2. The summed E-state index contributed by atoms with van der Waals surface area (Å²) in [5, 5.41) is 7.07. The number of nitrogens with one attached hydrogen (secondary N) is 3. The average molecular weight is 342 g/mol. The number of urea groups is 1. The van der Waals surface area contributed by atoms with Gasteiger partial charge in [0.1, 0.15) is 11.2 Å². The molecule has 1 aliphatic heterocycles. The fourth-order valence-corrected chi connectivity index (χ4v) is 3.19. The van der Waals surface area contributed by atoms with Gasteiger partial charge in [0.15, 0.2) is 0 Å². The molecule has 2 aliphatic rings. The lowest BCUT2D eigenvalue weighted by atomic mass is 9.81. The lowest BCUT2D eigenvalue weighted by Gasteiger charge is -2.39. The zero-order valence-electron chi connectivity index (χ0n) is 12.8. The summed E-state index contributed by atoms with van der Waals surface area (Å²) in [6.07, 6.45) is -1.91. The number of alkyl halides is 3. The fraction of sp³-hybridized carbons (Fsp3) is 0.533. The van der Waals surface area contributed by atoms with Crippen molar-refractivity contribution < 1.29 is 22.8 Å². The number of fused-ring (bicyclic) bond motifs is 1. The van der Waals surface area contributed by atoms with Crippen molar-refractivity contribution in [3.05, 3.63) is 23.5 Å². The van der Waals surface area contributed by atoms with Crippen LogP contribution in [-0.2, 0) is 6.54 Å². The molecule has 1 saturated carbocycles. The summed E-state index contributed by atoms with van der Waals surface area (Å²) in [6, 6.07) is 0.606. The highest BCUT2D eigenvalue weighted by atomic mass is 19.4. The lowest BCUT2D eigenvalue weighted by molar-refractivity contribution is -0.201. The van der Waals surface area contributed by atoms with Gasteiger partial charge in [0.2, 0.25) is 0 Å². The van der Waals surface area contributed by atoms with E-state index in [4.69, 9.17) is 0 Å². The van der Waals surface area contributed by atoms with Crippen molar-refractivity contribution in [3.8, 4) is 0 Å². The molecule has 0 atom stereocenters. The number of amides is 3. The molecule has 9 heteroatoms. The second kappa shape index (κ2) is 5.95. The summed E-state index contributed by atoms with van der Waals surface area (Å²) in [6.45, 7) is 0.283. The zero-order valence-corrected chi connectivity index (χ0v) is 12.8. The van der Waals surface area contributed by atoms with E-state index in [0.29, 0.717) is 18.4 Å². The Morgan fingerprint density at radius 3 is 2.62 bits per heavy atom. The Labute approximate surface area is 136 Å². The molecular formula is C15H17F3N4O2. The van der Waals surface area contributed by atoms with Gasteiger partial charge in [-0.05, 0) is 18.9 Å². The number of carbonyl (C=O) groups excluding carboxylic acids is 2. The lowest BCUT2D eigenvalue weighted by Crippen LogP contribution is -2.60. The van der Waals surface area contributed by atoms with Crippen LogP contribution in [0.1, 0.15) is 48.2 Å². The highest BCUT2D eigenvalue weighted by molar-refractivity contribution is 5.97. The molecule has 6 nitrogen and oxygen atoms in total. The maximum Gasteiger partial charge on any atom is 0.411 e. The number of anilines is 1. The molecule has 3 amide bonds. The molecule has 3 rings (SSSR count). The van der Waals surface area contributed by atoms with Crippen LogP contribution in [0.25, 0.3) is 0 Å². The third-order valence-corrected chi connectivity index (χ3v) is 4.48. The molecular weight excluding hydrogens is 325 g/mol. The van der Waals surface area contributed by atoms with Crippen LogP contribution in [0, 0.1) is 0 Å². The standard InChI is InChI=1S/C15H17F3N4O2/c16-15(17,18)14(4-2-1-3-5-14)22-13(24)21-10-6-9-7-20-12(23)11(9)19-8-10/h6,8H,1-5,7H2,(H,20,23)(H2,21,22,24). The quantitative estimate of drug-likeness (QED) is 0.773. The van der Waals surface area contributed by atoms with Gasteiger partial charge >= 0.3 is 12.2 Å². The van der Waals surface area contributed by atoms with Crippen LogP contribution < -0.4 is 16.0 Å². The van der Waals surface area contributed by atoms with Crippen LogP contribution >= 0.6 is 0 Å². The highest BCUT2D eigenvalue weighted by Crippen LogP contribution is 2.41. The number of hydrogen-bond donors (Lipinski definition) is 3. The van der Waals surface area contributed by atoms with Crippen LogP contribution in [0.4, 0.5) is 23.7 Å². The van der Waals surface area contributed by atoms with E-state index in [1.54, 1.807) is 0 Å². The Morgan fingerprint density at radius 1 is 1.25 bits per heavy atom. The molecule has 1 aromatic rings. The zero-order chi connectivity index (χ0) is 17.4. The Hall–Kier alpha value is -2.32. The number of halogens is 3. The predicted molar refractivity (Wildman–Crippen MR) is 79.4 cm³/mol. The van der Waals surface area contributed by atoms with Gasteiger partial charge in [-0.3, -0.25) is 4.79 Å². The summed E-state index contributed by atoms with van der Waals surface area (Å²) < 4.78 is 40.3. The molecule has 0 unspecified atom stereocenters. The number of carbonyl (C=O) groups is 2. The molecule has 3 N–H and O–H groups in total. The van der Waals surface area contributed by atoms with E-state index >= 15 is 0 Å². The Morgan fingerprint density at radius 2 is 1.96 bits per heavy atom. The minimum atomic E-state index is -4.50. The van der Waals surface area contributed by atoms with Gasteiger partial charge in [-0.25, -0.2) is 9.78 Å². The maximum atomic E-state index is 13.4. The Bertz CT molecular complexity index is 669. The topological polar surface area (TPSA) is 83.1 Å². The largest absolute Gasteiger partial charge is 0.411 e. The molecule has 2 heterocycles. The van der Waals surface area contributed by atoms with Gasteiger partial charge in [-0.2, -0.15) is 13.2 Å². The predicted octanol–water partition coefficient (Wildman–Crippen LogP) is 2.71. The number of aromatic nitrogens is 1. The van der Waals surface area contributed by atoms with Gasteiger partial charge in [0.05, 0.1) is 11.9 Å². The SMILES string of the molecule is O=C(Nc1cnc2c(c1)CNC2=O)NC1(C(F)(F)F)CCCCC1. The molecule has 0 radical (unpaired) electrons. The van der Waals surface area contributed by atoms with Gasteiger partial charge in [-0.15, -0.1) is 0 Å². The molecule has 1 aromatic heterocycles. The summed E-state index contributed by atoms with van der Waals surface area (Å²) in [7, 11) is 0. The van der Waals surface area contributed by atoms with Crippen LogP contribution in [0.15, 0.2) is 12.3 Å². The number of nitrogens with zero attached hydrogens (tertiary/aromatic N) is 1.